The van der Waals surface area contributed by atoms with E-state index >= 15 is 0 Å². The van der Waals surface area contributed by atoms with E-state index in [9.17, 15) is 14.4 Å². The highest BCUT2D eigenvalue weighted by Gasteiger charge is 2.48. The van der Waals surface area contributed by atoms with Crippen LogP contribution in [0.5, 0.6) is 0 Å². The zero-order chi connectivity index (χ0) is 27.4. The molecule has 7 heteroatoms. The average molecular weight is 500 g/mol. The van der Waals surface area contributed by atoms with E-state index in [1.807, 2.05) is 65.7 Å². The molecule has 0 saturated heterocycles. The van der Waals surface area contributed by atoms with Gasteiger partial charge >= 0.3 is 5.97 Å². The summed E-state index contributed by atoms with van der Waals surface area (Å²) in [6, 6.07) is 7.06. The fourth-order valence-electron chi connectivity index (χ4n) is 4.86. The Morgan fingerprint density at radius 2 is 1.61 bits per heavy atom. The Kier molecular flexibility index (Phi) is 9.52. The maximum atomic E-state index is 13.9. The van der Waals surface area contributed by atoms with Crippen LogP contribution >= 0.6 is 0 Å². The van der Waals surface area contributed by atoms with Crippen molar-refractivity contribution in [3.05, 3.63) is 47.0 Å². The molecule has 0 bridgehead atoms. The largest absolute Gasteiger partial charge is 0.463 e. The minimum absolute atomic E-state index is 0.0529. The molecule has 0 spiro atoms. The lowest BCUT2D eigenvalue weighted by atomic mass is 9.83. The van der Waals surface area contributed by atoms with Gasteiger partial charge in [-0.2, -0.15) is 0 Å². The van der Waals surface area contributed by atoms with E-state index in [0.29, 0.717) is 25.0 Å². The van der Waals surface area contributed by atoms with Crippen LogP contribution in [-0.2, 0) is 32.0 Å². The number of hydrogen-bond donors (Lipinski definition) is 1. The van der Waals surface area contributed by atoms with E-state index in [1.54, 1.807) is 31.9 Å². The topological polar surface area (TPSA) is 79.0 Å². The predicted octanol–water partition coefficient (Wildman–Crippen LogP) is 3.61. The van der Waals surface area contributed by atoms with Gasteiger partial charge in [0.2, 0.25) is 11.8 Å². The lowest BCUT2D eigenvalue weighted by Crippen LogP contribution is -2.63. The first-order valence-electron chi connectivity index (χ1n) is 12.8. The lowest BCUT2D eigenvalue weighted by Gasteiger charge is -2.41. The van der Waals surface area contributed by atoms with Crippen molar-refractivity contribution in [3.63, 3.8) is 0 Å². The van der Waals surface area contributed by atoms with Gasteiger partial charge in [0.25, 0.3) is 0 Å². The summed E-state index contributed by atoms with van der Waals surface area (Å²) in [5.41, 5.74) is 1.50. The van der Waals surface area contributed by atoms with Gasteiger partial charge in [-0.05, 0) is 50.4 Å². The second-order valence-electron chi connectivity index (χ2n) is 11.6. The Labute approximate surface area is 217 Å². The Morgan fingerprint density at radius 3 is 2.03 bits per heavy atom. The molecule has 2 rings (SSSR count). The summed E-state index contributed by atoms with van der Waals surface area (Å²) < 4.78 is 5.12. The van der Waals surface area contributed by atoms with Crippen LogP contribution in [0, 0.1) is 11.3 Å². The highest BCUT2D eigenvalue weighted by molar-refractivity contribution is 5.94. The van der Waals surface area contributed by atoms with Crippen LogP contribution in [0.3, 0.4) is 0 Å². The minimum Gasteiger partial charge on any atom is -0.463 e. The summed E-state index contributed by atoms with van der Waals surface area (Å²) in [4.78, 5) is 43.7. The normalized spacial score (nSPS) is 16.9. The number of carbonyl (C=O) groups is 3. The monoisotopic (exact) mass is 499 g/mol. The number of esters is 1. The van der Waals surface area contributed by atoms with Gasteiger partial charge in [-0.1, -0.05) is 65.0 Å². The molecule has 36 heavy (non-hydrogen) atoms. The summed E-state index contributed by atoms with van der Waals surface area (Å²) in [6.07, 6.45) is 2.98. The molecule has 1 aliphatic carbocycles. The van der Waals surface area contributed by atoms with E-state index in [1.165, 1.54) is 0 Å². The Bertz CT molecular complexity index is 965. The van der Waals surface area contributed by atoms with Crippen LogP contribution in [0.25, 0.3) is 0 Å². The number of nitrogens with one attached hydrogen (secondary N) is 1. The van der Waals surface area contributed by atoms with Crippen molar-refractivity contribution in [1.29, 1.82) is 0 Å². The van der Waals surface area contributed by atoms with Crippen LogP contribution in [0.15, 0.2) is 35.9 Å². The fourth-order valence-corrected chi connectivity index (χ4v) is 4.86. The minimum atomic E-state index is -0.760. The molecular formula is C29H45N3O4. The molecule has 1 aliphatic rings. The molecule has 0 saturated carbocycles. The van der Waals surface area contributed by atoms with Crippen LogP contribution in [0.1, 0.15) is 59.6 Å². The molecule has 1 aromatic rings. The van der Waals surface area contributed by atoms with Crippen LogP contribution in [-0.4, -0.2) is 73.0 Å². The summed E-state index contributed by atoms with van der Waals surface area (Å²) >= 11 is 0. The molecule has 0 radical (unpaired) electrons. The SMILES string of the molecule is CCOC(=O)C(C)=C[C@H](C(C)C)N(C)C(=O)[C@@H](NC(=O)C1(N(C)C)Cc2ccccc2C1)C(C)(C)C. The van der Waals surface area contributed by atoms with Crippen LogP contribution in [0.4, 0.5) is 0 Å². The van der Waals surface area contributed by atoms with Crippen LogP contribution < -0.4 is 5.32 Å². The highest BCUT2D eigenvalue weighted by atomic mass is 16.5. The Hall–Kier alpha value is -2.67. The molecule has 2 amide bonds. The molecule has 1 N–H and O–H groups in total. The number of nitrogens with zero attached hydrogens (tertiary/aromatic N) is 2. The molecule has 200 valence electrons. The summed E-state index contributed by atoms with van der Waals surface area (Å²) in [5, 5.41) is 3.14. The first-order chi connectivity index (χ1) is 16.7. The first-order valence-corrected chi connectivity index (χ1v) is 12.8. The second-order valence-corrected chi connectivity index (χ2v) is 11.6. The molecular weight excluding hydrogens is 454 g/mol. The molecule has 7 nitrogen and oxygen atoms in total. The highest BCUT2D eigenvalue weighted by Crippen LogP contribution is 2.34. The van der Waals surface area contributed by atoms with Crippen LogP contribution in [0.2, 0.25) is 0 Å². The molecule has 0 aliphatic heterocycles. The number of hydrogen-bond acceptors (Lipinski definition) is 5. The van der Waals surface area contributed by atoms with Gasteiger partial charge in [0, 0.05) is 25.5 Å². The van der Waals surface area contributed by atoms with Gasteiger partial charge < -0.3 is 15.0 Å². The van der Waals surface area contributed by atoms with E-state index in [0.717, 1.165) is 11.1 Å². The number of fused-ring (bicyclic) bond motifs is 1. The van der Waals surface area contributed by atoms with Gasteiger partial charge in [0.1, 0.15) is 11.6 Å². The van der Waals surface area contributed by atoms with Gasteiger partial charge in [0.05, 0.1) is 12.6 Å². The van der Waals surface area contributed by atoms with Gasteiger partial charge in [-0.15, -0.1) is 0 Å². The third-order valence-electron chi connectivity index (χ3n) is 7.25. The third-order valence-corrected chi connectivity index (χ3v) is 7.25. The van der Waals surface area contributed by atoms with E-state index in [4.69, 9.17) is 4.74 Å². The standard InChI is InChI=1S/C29H45N3O4/c1-11-36-26(34)20(4)16-23(19(2)3)32(10)25(33)24(28(5,6)7)30-27(35)29(31(8)9)17-21-14-12-13-15-22(21)18-29/h12-16,19,23-24H,11,17-18H2,1-10H3,(H,30,35)/t23-,24-/m1/s1. The van der Waals surface area contributed by atoms with E-state index in [2.05, 4.69) is 17.4 Å². The average Bonchev–Trinajstić information content (AvgIpc) is 3.20. The number of likely N-dealkylation sites (N-methyl/N-ethyl adjacent to an activating group) is 2. The van der Waals surface area contributed by atoms with E-state index in [-0.39, 0.29) is 23.8 Å². The summed E-state index contributed by atoms with van der Waals surface area (Å²) in [7, 11) is 5.58. The zero-order valence-corrected chi connectivity index (χ0v) is 23.8. The summed E-state index contributed by atoms with van der Waals surface area (Å²) in [6.45, 7) is 13.6. The third kappa shape index (κ3) is 6.36. The molecule has 1 aromatic carbocycles. The number of amides is 2. The van der Waals surface area contributed by atoms with Gasteiger partial charge in [-0.3, -0.25) is 14.5 Å². The Balaban J connectivity index is 2.35. The molecule has 0 fully saturated rings. The van der Waals surface area contributed by atoms with Crippen molar-refractivity contribution in [2.24, 2.45) is 11.3 Å². The van der Waals surface area contributed by atoms with Crippen molar-refractivity contribution in [2.75, 3.05) is 27.7 Å². The number of rotatable bonds is 9. The maximum Gasteiger partial charge on any atom is 0.333 e. The van der Waals surface area contributed by atoms with Crippen molar-refractivity contribution in [3.8, 4) is 0 Å². The van der Waals surface area contributed by atoms with Crippen molar-refractivity contribution in [1.82, 2.24) is 15.1 Å². The summed E-state index contributed by atoms with van der Waals surface area (Å²) in [5.74, 6) is -0.674. The maximum absolute atomic E-state index is 13.9. The quantitative estimate of drug-likeness (QED) is 0.415. The fraction of sp³-hybridized carbons (Fsp3) is 0.621. The first kappa shape index (κ1) is 29.6. The molecule has 0 aromatic heterocycles. The predicted molar refractivity (Wildman–Crippen MR) is 143 cm³/mol. The van der Waals surface area contributed by atoms with Crippen molar-refractivity contribution < 1.29 is 19.1 Å². The Morgan fingerprint density at radius 1 is 1.08 bits per heavy atom. The number of benzene rings is 1. The van der Waals surface area contributed by atoms with E-state index < -0.39 is 23.0 Å². The number of carbonyl (C=O) groups excluding carboxylic acids is 3. The van der Waals surface area contributed by atoms with Crippen molar-refractivity contribution >= 4 is 17.8 Å². The number of ether oxygens (including phenoxy) is 1. The smallest absolute Gasteiger partial charge is 0.333 e. The van der Waals surface area contributed by atoms with Gasteiger partial charge in [-0.25, -0.2) is 4.79 Å². The molecule has 0 heterocycles. The molecule has 0 unspecified atom stereocenters. The van der Waals surface area contributed by atoms with Gasteiger partial charge in [0.15, 0.2) is 0 Å². The zero-order valence-electron chi connectivity index (χ0n) is 23.8. The second kappa shape index (κ2) is 11.6. The molecule has 2 atom stereocenters. The van der Waals surface area contributed by atoms with Crippen molar-refractivity contribution in [2.45, 2.75) is 78.9 Å². The lowest BCUT2D eigenvalue weighted by molar-refractivity contribution is -0.143.